The summed E-state index contributed by atoms with van der Waals surface area (Å²) in [7, 11) is 1.43. The number of rotatable bonds is 3. The fraction of sp³-hybridized carbons (Fsp3) is 0.545. The van der Waals surface area contributed by atoms with E-state index < -0.39 is 11.4 Å². The quantitative estimate of drug-likeness (QED) is 0.850. The van der Waals surface area contributed by atoms with Gasteiger partial charge in [-0.05, 0) is 18.0 Å². The predicted octanol–water partition coefficient (Wildman–Crippen LogP) is 1.15. The molecule has 1 aromatic rings. The average molecular weight is 239 g/mol. The highest BCUT2D eigenvalue weighted by Crippen LogP contribution is 2.39. The van der Waals surface area contributed by atoms with Crippen LogP contribution in [0.3, 0.4) is 0 Å². The van der Waals surface area contributed by atoms with E-state index in [4.69, 9.17) is 9.26 Å². The number of hydrogen-bond acceptors (Lipinski definition) is 5. The number of carbonyl (C=O) groups excluding carboxylic acids is 1. The number of aliphatic carboxylic acids is 1. The van der Waals surface area contributed by atoms with Gasteiger partial charge in [-0.1, -0.05) is 0 Å². The van der Waals surface area contributed by atoms with Gasteiger partial charge in [-0.15, -0.1) is 0 Å². The molecule has 6 nitrogen and oxygen atoms in total. The van der Waals surface area contributed by atoms with Gasteiger partial charge in [0, 0.05) is 18.9 Å². The smallest absolute Gasteiger partial charge is 0.317 e. The molecule has 17 heavy (non-hydrogen) atoms. The number of hydrogen-bond donors (Lipinski definition) is 1. The van der Waals surface area contributed by atoms with Crippen LogP contribution in [-0.2, 0) is 15.0 Å². The molecular formula is C11H13NO5. The Kier molecular flexibility index (Phi) is 2.87. The zero-order chi connectivity index (χ0) is 12.5. The van der Waals surface area contributed by atoms with Crippen molar-refractivity contribution in [3.8, 4) is 5.88 Å². The normalized spacial score (nSPS) is 19.0. The maximum atomic E-state index is 11.4. The first-order chi connectivity index (χ1) is 8.08. The fourth-order valence-corrected chi connectivity index (χ4v) is 2.10. The molecule has 1 fully saturated rings. The molecule has 0 atom stereocenters. The Morgan fingerprint density at radius 3 is 2.65 bits per heavy atom. The lowest BCUT2D eigenvalue weighted by Gasteiger charge is -2.29. The monoisotopic (exact) mass is 239 g/mol. The highest BCUT2D eigenvalue weighted by molar-refractivity contribution is 5.86. The number of methoxy groups -OCH3 is 1. The maximum absolute atomic E-state index is 11.4. The number of aromatic nitrogens is 1. The van der Waals surface area contributed by atoms with Crippen molar-refractivity contribution in [2.24, 2.45) is 0 Å². The number of carbonyl (C=O) groups is 2. The van der Waals surface area contributed by atoms with Crippen molar-refractivity contribution in [2.45, 2.75) is 31.1 Å². The van der Waals surface area contributed by atoms with Crippen molar-refractivity contribution < 1.29 is 24.0 Å². The molecule has 2 rings (SSSR count). The third-order valence-electron chi connectivity index (χ3n) is 3.24. The Morgan fingerprint density at radius 2 is 2.18 bits per heavy atom. The summed E-state index contributed by atoms with van der Waals surface area (Å²) in [6.45, 7) is 0. The van der Waals surface area contributed by atoms with Gasteiger partial charge in [0.05, 0.1) is 7.11 Å². The zero-order valence-electron chi connectivity index (χ0n) is 9.43. The van der Waals surface area contributed by atoms with E-state index in [0.29, 0.717) is 0 Å². The van der Waals surface area contributed by atoms with Gasteiger partial charge in [0.1, 0.15) is 11.2 Å². The van der Waals surface area contributed by atoms with E-state index in [2.05, 4.69) is 5.16 Å². The number of carboxylic acids is 1. The van der Waals surface area contributed by atoms with Crippen LogP contribution in [0.4, 0.5) is 0 Å². The van der Waals surface area contributed by atoms with Crippen molar-refractivity contribution >= 4 is 11.8 Å². The standard InChI is InChI=1S/C11H13NO5/c1-16-9-6-8(17-12-9)11(10(14)15)4-2-7(13)3-5-11/h6H,2-5H2,1H3,(H,14,15). The van der Waals surface area contributed by atoms with Crippen LogP contribution in [0.25, 0.3) is 0 Å². The highest BCUT2D eigenvalue weighted by Gasteiger charge is 2.46. The van der Waals surface area contributed by atoms with E-state index in [1.165, 1.54) is 13.2 Å². The summed E-state index contributed by atoms with van der Waals surface area (Å²) in [5.74, 6) is -0.385. The minimum atomic E-state index is -1.14. The molecular weight excluding hydrogens is 226 g/mol. The molecule has 0 saturated heterocycles. The Labute approximate surface area is 97.5 Å². The highest BCUT2D eigenvalue weighted by atomic mass is 16.5. The summed E-state index contributed by atoms with van der Waals surface area (Å²) in [5.41, 5.74) is -1.14. The third-order valence-corrected chi connectivity index (χ3v) is 3.24. The molecule has 0 amide bonds. The lowest BCUT2D eigenvalue weighted by Crippen LogP contribution is -2.39. The largest absolute Gasteiger partial charge is 0.480 e. The van der Waals surface area contributed by atoms with Gasteiger partial charge >= 0.3 is 5.97 Å². The van der Waals surface area contributed by atoms with Crippen molar-refractivity contribution in [3.05, 3.63) is 11.8 Å². The van der Waals surface area contributed by atoms with E-state index >= 15 is 0 Å². The van der Waals surface area contributed by atoms with Gasteiger partial charge < -0.3 is 14.4 Å². The third kappa shape index (κ3) is 1.90. The molecule has 0 bridgehead atoms. The van der Waals surface area contributed by atoms with Crippen LogP contribution in [0.5, 0.6) is 5.88 Å². The summed E-state index contributed by atoms with van der Waals surface area (Å²) >= 11 is 0. The minimum Gasteiger partial charge on any atom is -0.480 e. The van der Waals surface area contributed by atoms with Gasteiger partial charge in [0.15, 0.2) is 5.76 Å². The van der Waals surface area contributed by atoms with E-state index in [-0.39, 0.29) is 43.1 Å². The van der Waals surface area contributed by atoms with Gasteiger partial charge in [-0.3, -0.25) is 9.59 Å². The topological polar surface area (TPSA) is 89.6 Å². The van der Waals surface area contributed by atoms with Crippen LogP contribution < -0.4 is 4.74 Å². The molecule has 1 aliphatic rings. The van der Waals surface area contributed by atoms with Crippen molar-refractivity contribution in [2.75, 3.05) is 7.11 Å². The van der Waals surface area contributed by atoms with Crippen LogP contribution >= 0.6 is 0 Å². The zero-order valence-corrected chi connectivity index (χ0v) is 9.43. The Balaban J connectivity index is 2.34. The second-order valence-corrected chi connectivity index (χ2v) is 4.16. The average Bonchev–Trinajstić information content (AvgIpc) is 2.79. The summed E-state index contributed by atoms with van der Waals surface area (Å²) in [4.78, 5) is 22.6. The molecule has 0 aliphatic heterocycles. The fourth-order valence-electron chi connectivity index (χ4n) is 2.10. The molecule has 0 aromatic carbocycles. The van der Waals surface area contributed by atoms with Crippen LogP contribution in [0.15, 0.2) is 10.6 Å². The molecule has 1 aliphatic carbocycles. The van der Waals surface area contributed by atoms with Crippen molar-refractivity contribution in [3.63, 3.8) is 0 Å². The number of ether oxygens (including phenoxy) is 1. The molecule has 0 spiro atoms. The molecule has 0 unspecified atom stereocenters. The molecule has 92 valence electrons. The summed E-state index contributed by atoms with van der Waals surface area (Å²) in [5, 5.41) is 13.0. The second-order valence-electron chi connectivity index (χ2n) is 4.16. The van der Waals surface area contributed by atoms with Gasteiger partial charge in [0.25, 0.3) is 5.88 Å². The number of Topliss-reactive ketones (excluding diaryl/α,β-unsaturated/α-hetero) is 1. The lowest BCUT2D eigenvalue weighted by molar-refractivity contribution is -0.147. The van der Waals surface area contributed by atoms with Gasteiger partial charge in [-0.2, -0.15) is 0 Å². The number of carboxylic acid groups (broad SMARTS) is 1. The molecule has 6 heteroatoms. The van der Waals surface area contributed by atoms with Crippen molar-refractivity contribution in [1.82, 2.24) is 5.16 Å². The first kappa shape index (κ1) is 11.6. The summed E-state index contributed by atoms with van der Waals surface area (Å²) < 4.78 is 9.89. The SMILES string of the molecule is COc1cc(C2(C(=O)O)CCC(=O)CC2)on1. The Bertz CT molecular complexity index is 440. The number of ketones is 1. The van der Waals surface area contributed by atoms with Gasteiger partial charge in [-0.25, -0.2) is 0 Å². The van der Waals surface area contributed by atoms with Crippen molar-refractivity contribution in [1.29, 1.82) is 0 Å². The Morgan fingerprint density at radius 1 is 1.53 bits per heavy atom. The second kappa shape index (κ2) is 4.20. The molecule has 1 heterocycles. The Hall–Kier alpha value is -1.85. The van der Waals surface area contributed by atoms with Crippen LogP contribution in [-0.4, -0.2) is 29.1 Å². The molecule has 1 N–H and O–H groups in total. The molecule has 1 aromatic heterocycles. The first-order valence-corrected chi connectivity index (χ1v) is 5.35. The summed E-state index contributed by atoms with van der Waals surface area (Å²) in [6, 6.07) is 1.48. The number of nitrogens with zero attached hydrogens (tertiary/aromatic N) is 1. The maximum Gasteiger partial charge on any atom is 0.317 e. The van der Waals surface area contributed by atoms with E-state index in [1.54, 1.807) is 0 Å². The van der Waals surface area contributed by atoms with Crippen LogP contribution in [0, 0.1) is 0 Å². The van der Waals surface area contributed by atoms with Gasteiger partial charge in [0.2, 0.25) is 0 Å². The van der Waals surface area contributed by atoms with E-state index in [0.717, 1.165) is 0 Å². The predicted molar refractivity (Wildman–Crippen MR) is 55.8 cm³/mol. The van der Waals surface area contributed by atoms with E-state index in [9.17, 15) is 14.7 Å². The first-order valence-electron chi connectivity index (χ1n) is 5.35. The van der Waals surface area contributed by atoms with Crippen LogP contribution in [0.2, 0.25) is 0 Å². The summed E-state index contributed by atoms with van der Waals surface area (Å²) in [6.07, 6.45) is 1.02. The lowest BCUT2D eigenvalue weighted by atomic mass is 9.72. The minimum absolute atomic E-state index is 0.0911. The van der Waals surface area contributed by atoms with Crippen LogP contribution in [0.1, 0.15) is 31.4 Å². The molecule has 1 saturated carbocycles. The van der Waals surface area contributed by atoms with E-state index in [1.807, 2.05) is 0 Å². The molecule has 0 radical (unpaired) electrons.